The largest absolute Gasteiger partial charge is 0.496 e. The minimum absolute atomic E-state index is 0.274. The van der Waals surface area contributed by atoms with Crippen LogP contribution in [0, 0.1) is 18.3 Å². The summed E-state index contributed by atoms with van der Waals surface area (Å²) in [7, 11) is 1.76. The summed E-state index contributed by atoms with van der Waals surface area (Å²) in [5.41, 5.74) is 2.89. The van der Waals surface area contributed by atoms with E-state index in [4.69, 9.17) is 4.74 Å². The van der Waals surface area contributed by atoms with E-state index in [2.05, 4.69) is 65.1 Å². The molecule has 0 heterocycles. The van der Waals surface area contributed by atoms with Crippen molar-refractivity contribution in [2.75, 3.05) is 13.7 Å². The second-order valence-corrected chi connectivity index (χ2v) is 7.15. The first-order valence-electron chi connectivity index (χ1n) is 7.61. The third-order valence-electron chi connectivity index (χ3n) is 3.90. The van der Waals surface area contributed by atoms with Crippen LogP contribution in [0.4, 0.5) is 0 Å². The van der Waals surface area contributed by atoms with Gasteiger partial charge in [-0.15, -0.1) is 0 Å². The lowest BCUT2D eigenvalue weighted by Gasteiger charge is -2.32. The molecule has 0 radical (unpaired) electrons. The summed E-state index contributed by atoms with van der Waals surface area (Å²) in [5.74, 6) is 1.59. The lowest BCUT2D eigenvalue weighted by molar-refractivity contribution is 0.225. The molecule has 0 aliphatic heterocycles. The molecule has 2 heteroatoms. The maximum atomic E-state index is 5.52. The molecule has 1 atom stereocenters. The molecule has 1 N–H and O–H groups in total. The zero-order valence-electron chi connectivity index (χ0n) is 14.2. The first-order valence-corrected chi connectivity index (χ1v) is 7.61. The summed E-state index contributed by atoms with van der Waals surface area (Å²) in [4.78, 5) is 0. The van der Waals surface area contributed by atoms with Crippen LogP contribution in [-0.4, -0.2) is 19.7 Å². The quantitative estimate of drug-likeness (QED) is 0.841. The molecule has 0 aromatic heterocycles. The van der Waals surface area contributed by atoms with Crippen LogP contribution in [0.3, 0.4) is 0 Å². The van der Waals surface area contributed by atoms with Gasteiger partial charge in [-0.2, -0.15) is 0 Å². The second kappa shape index (κ2) is 7.12. The maximum absolute atomic E-state index is 5.52. The Hall–Kier alpha value is -1.02. The topological polar surface area (TPSA) is 21.3 Å². The van der Waals surface area contributed by atoms with E-state index in [9.17, 15) is 0 Å². The predicted molar refractivity (Wildman–Crippen MR) is 87.5 cm³/mol. The van der Waals surface area contributed by atoms with Gasteiger partial charge >= 0.3 is 0 Å². The Kier molecular flexibility index (Phi) is 6.07. The lowest BCUT2D eigenvalue weighted by atomic mass is 9.77. The van der Waals surface area contributed by atoms with Crippen LogP contribution in [0.2, 0.25) is 0 Å². The highest BCUT2D eigenvalue weighted by Gasteiger charge is 2.25. The molecule has 0 aliphatic rings. The Labute approximate surface area is 124 Å². The van der Waals surface area contributed by atoms with Crippen molar-refractivity contribution in [3.8, 4) is 5.75 Å². The Morgan fingerprint density at radius 2 is 1.85 bits per heavy atom. The SMILES string of the molecule is COc1ccc(C)cc1CC(CNC(C)C)C(C)(C)C. The molecule has 1 aromatic rings. The van der Waals surface area contributed by atoms with Crippen LogP contribution in [0.25, 0.3) is 0 Å². The van der Waals surface area contributed by atoms with E-state index >= 15 is 0 Å². The average Bonchev–Trinajstić information content (AvgIpc) is 2.33. The van der Waals surface area contributed by atoms with Crippen molar-refractivity contribution in [3.63, 3.8) is 0 Å². The van der Waals surface area contributed by atoms with Gasteiger partial charge in [0.05, 0.1) is 7.11 Å². The summed E-state index contributed by atoms with van der Waals surface area (Å²) in [6.07, 6.45) is 1.05. The highest BCUT2D eigenvalue weighted by Crippen LogP contribution is 2.32. The van der Waals surface area contributed by atoms with E-state index in [0.29, 0.717) is 12.0 Å². The Morgan fingerprint density at radius 1 is 1.20 bits per heavy atom. The van der Waals surface area contributed by atoms with E-state index in [1.54, 1.807) is 7.11 Å². The third kappa shape index (κ3) is 5.16. The molecule has 0 aliphatic carbocycles. The number of benzene rings is 1. The number of methoxy groups -OCH3 is 1. The van der Waals surface area contributed by atoms with Crippen molar-refractivity contribution in [2.24, 2.45) is 11.3 Å². The van der Waals surface area contributed by atoms with Crippen molar-refractivity contribution in [3.05, 3.63) is 29.3 Å². The first-order chi connectivity index (χ1) is 9.24. The van der Waals surface area contributed by atoms with E-state index < -0.39 is 0 Å². The summed E-state index contributed by atoms with van der Waals surface area (Å²) < 4.78 is 5.52. The summed E-state index contributed by atoms with van der Waals surface area (Å²) in [6.45, 7) is 14.5. The van der Waals surface area contributed by atoms with Gasteiger partial charge in [0.15, 0.2) is 0 Å². The van der Waals surface area contributed by atoms with Crippen LogP contribution in [-0.2, 0) is 6.42 Å². The smallest absolute Gasteiger partial charge is 0.122 e. The Balaban J connectivity index is 2.91. The van der Waals surface area contributed by atoms with Crippen molar-refractivity contribution in [2.45, 2.75) is 54.0 Å². The molecule has 2 nitrogen and oxygen atoms in total. The molecule has 0 bridgehead atoms. The molecule has 0 fully saturated rings. The molecule has 0 saturated carbocycles. The van der Waals surface area contributed by atoms with E-state index in [-0.39, 0.29) is 5.41 Å². The standard InChI is InChI=1S/C18H31NO/c1-13(2)19-12-16(18(4,5)6)11-15-10-14(3)8-9-17(15)20-7/h8-10,13,16,19H,11-12H2,1-7H3. The van der Waals surface area contributed by atoms with Gasteiger partial charge in [0.2, 0.25) is 0 Å². The number of aryl methyl sites for hydroxylation is 1. The van der Waals surface area contributed by atoms with Gasteiger partial charge in [0.1, 0.15) is 5.75 Å². The van der Waals surface area contributed by atoms with Gasteiger partial charge in [-0.1, -0.05) is 52.3 Å². The number of hydrogen-bond acceptors (Lipinski definition) is 2. The molecule has 0 spiro atoms. The highest BCUT2D eigenvalue weighted by molar-refractivity contribution is 5.37. The van der Waals surface area contributed by atoms with Gasteiger partial charge in [-0.3, -0.25) is 0 Å². The maximum Gasteiger partial charge on any atom is 0.122 e. The zero-order chi connectivity index (χ0) is 15.3. The minimum Gasteiger partial charge on any atom is -0.496 e. The highest BCUT2D eigenvalue weighted by atomic mass is 16.5. The molecule has 0 amide bonds. The van der Waals surface area contributed by atoms with E-state index in [0.717, 1.165) is 18.7 Å². The number of ether oxygens (including phenoxy) is 1. The Bertz CT molecular complexity index is 418. The molecule has 114 valence electrons. The van der Waals surface area contributed by atoms with Crippen molar-refractivity contribution in [1.82, 2.24) is 5.32 Å². The molecule has 1 rings (SSSR count). The van der Waals surface area contributed by atoms with Crippen molar-refractivity contribution < 1.29 is 4.74 Å². The van der Waals surface area contributed by atoms with Crippen LogP contribution in [0.15, 0.2) is 18.2 Å². The summed E-state index contributed by atoms with van der Waals surface area (Å²) >= 11 is 0. The van der Waals surface area contributed by atoms with Crippen molar-refractivity contribution >= 4 is 0 Å². The molecular weight excluding hydrogens is 246 g/mol. The fourth-order valence-corrected chi connectivity index (χ4v) is 2.39. The molecule has 1 unspecified atom stereocenters. The fourth-order valence-electron chi connectivity index (χ4n) is 2.39. The molecule has 1 aromatic carbocycles. The number of hydrogen-bond donors (Lipinski definition) is 1. The molecular formula is C18H31NO. The average molecular weight is 277 g/mol. The number of rotatable bonds is 6. The molecule has 20 heavy (non-hydrogen) atoms. The summed E-state index contributed by atoms with van der Waals surface area (Å²) in [6, 6.07) is 6.98. The minimum atomic E-state index is 0.274. The number of nitrogens with one attached hydrogen (secondary N) is 1. The van der Waals surface area contributed by atoms with Gasteiger partial charge in [-0.05, 0) is 42.9 Å². The molecule has 0 saturated heterocycles. The van der Waals surface area contributed by atoms with Gasteiger partial charge in [-0.25, -0.2) is 0 Å². The van der Waals surface area contributed by atoms with Gasteiger partial charge in [0.25, 0.3) is 0 Å². The van der Waals surface area contributed by atoms with Crippen LogP contribution in [0.5, 0.6) is 5.75 Å². The Morgan fingerprint density at radius 3 is 2.35 bits per heavy atom. The summed E-state index contributed by atoms with van der Waals surface area (Å²) in [5, 5.41) is 3.58. The monoisotopic (exact) mass is 277 g/mol. The first kappa shape index (κ1) is 17.0. The van der Waals surface area contributed by atoms with Crippen LogP contribution in [0.1, 0.15) is 45.7 Å². The van der Waals surface area contributed by atoms with Gasteiger partial charge in [0, 0.05) is 6.04 Å². The van der Waals surface area contributed by atoms with Gasteiger partial charge < -0.3 is 10.1 Å². The third-order valence-corrected chi connectivity index (χ3v) is 3.90. The second-order valence-electron chi connectivity index (χ2n) is 7.15. The predicted octanol–water partition coefficient (Wildman–Crippen LogP) is 4.21. The zero-order valence-corrected chi connectivity index (χ0v) is 14.2. The van der Waals surface area contributed by atoms with Crippen LogP contribution < -0.4 is 10.1 Å². The van der Waals surface area contributed by atoms with E-state index in [1.807, 2.05) is 0 Å². The van der Waals surface area contributed by atoms with E-state index in [1.165, 1.54) is 11.1 Å². The fraction of sp³-hybridized carbons (Fsp3) is 0.667. The van der Waals surface area contributed by atoms with Crippen LogP contribution >= 0.6 is 0 Å². The van der Waals surface area contributed by atoms with Crippen molar-refractivity contribution in [1.29, 1.82) is 0 Å². The lowest BCUT2D eigenvalue weighted by Crippen LogP contribution is -2.36. The normalized spacial score (nSPS) is 13.6.